The molecular weight excluding hydrogens is 439 g/mol. The first-order valence-corrected chi connectivity index (χ1v) is 8.42. The van der Waals surface area contributed by atoms with Gasteiger partial charge in [0.05, 0.1) is 15.7 Å². The van der Waals surface area contributed by atoms with Crippen LogP contribution in [0.25, 0.3) is 11.5 Å². The maximum atomic E-state index is 13.0. The van der Waals surface area contributed by atoms with Crippen molar-refractivity contribution in [2.75, 3.05) is 0 Å². The van der Waals surface area contributed by atoms with Crippen molar-refractivity contribution in [1.29, 1.82) is 0 Å². The normalized spacial score (nSPS) is 13.4. The van der Waals surface area contributed by atoms with Gasteiger partial charge in [0.15, 0.2) is 0 Å². The van der Waals surface area contributed by atoms with E-state index in [0.717, 1.165) is 12.1 Å². The fourth-order valence-corrected chi connectivity index (χ4v) is 2.92. The standard InChI is InChI=1S/C16H12BrF5N4O/c1-7-11(17)12(13(18)19)25-26(7)8(2)14-23-24-15(27-14)9-4-3-5-10(6-9)16(20,21)22/h3-6,8,13H,1-2H3/t8-/m0/s1. The summed E-state index contributed by atoms with van der Waals surface area (Å²) in [7, 11) is 0. The molecule has 11 heteroatoms. The summed E-state index contributed by atoms with van der Waals surface area (Å²) < 4.78 is 71.4. The van der Waals surface area contributed by atoms with Crippen molar-refractivity contribution in [3.05, 3.63) is 51.6 Å². The number of alkyl halides is 5. The Hall–Kier alpha value is -2.30. The van der Waals surface area contributed by atoms with Gasteiger partial charge in [-0.2, -0.15) is 18.3 Å². The zero-order valence-corrected chi connectivity index (χ0v) is 15.5. The van der Waals surface area contributed by atoms with E-state index < -0.39 is 29.9 Å². The van der Waals surface area contributed by atoms with E-state index in [9.17, 15) is 22.0 Å². The first-order valence-electron chi connectivity index (χ1n) is 7.63. The third-order valence-electron chi connectivity index (χ3n) is 3.91. The quantitative estimate of drug-likeness (QED) is 0.487. The summed E-state index contributed by atoms with van der Waals surface area (Å²) in [5.74, 6) is -0.0813. The molecule has 0 unspecified atom stereocenters. The van der Waals surface area contributed by atoms with E-state index in [4.69, 9.17) is 4.42 Å². The van der Waals surface area contributed by atoms with Crippen molar-refractivity contribution in [2.24, 2.45) is 0 Å². The molecule has 144 valence electrons. The molecule has 0 aliphatic heterocycles. The molecule has 3 aromatic rings. The number of rotatable bonds is 4. The molecular formula is C16H12BrF5N4O. The molecule has 0 N–H and O–H groups in total. The molecule has 2 aromatic heterocycles. The van der Waals surface area contributed by atoms with Gasteiger partial charge in [-0.1, -0.05) is 6.07 Å². The third kappa shape index (κ3) is 3.73. The van der Waals surface area contributed by atoms with E-state index in [0.29, 0.717) is 5.69 Å². The van der Waals surface area contributed by atoms with E-state index in [1.807, 2.05) is 0 Å². The van der Waals surface area contributed by atoms with Crippen LogP contribution in [0.1, 0.15) is 42.2 Å². The first-order chi connectivity index (χ1) is 12.6. The number of hydrogen-bond donors (Lipinski definition) is 0. The summed E-state index contributed by atoms with van der Waals surface area (Å²) in [6, 6.07) is 3.77. The predicted octanol–water partition coefficient (Wildman–Crippen LogP) is 5.57. The summed E-state index contributed by atoms with van der Waals surface area (Å²) in [5.41, 5.74) is -0.739. The molecule has 5 nitrogen and oxygen atoms in total. The largest absolute Gasteiger partial charge is 0.418 e. The van der Waals surface area contributed by atoms with Crippen LogP contribution < -0.4 is 0 Å². The maximum absolute atomic E-state index is 13.0. The Bertz CT molecular complexity index is 966. The van der Waals surface area contributed by atoms with E-state index in [1.165, 1.54) is 16.8 Å². The highest BCUT2D eigenvalue weighted by Gasteiger charge is 2.31. The van der Waals surface area contributed by atoms with Crippen molar-refractivity contribution in [2.45, 2.75) is 32.5 Å². The third-order valence-corrected chi connectivity index (χ3v) is 4.89. The maximum Gasteiger partial charge on any atom is 0.416 e. The number of hydrogen-bond acceptors (Lipinski definition) is 4. The van der Waals surface area contributed by atoms with Crippen molar-refractivity contribution in [3.63, 3.8) is 0 Å². The molecule has 0 aliphatic carbocycles. The topological polar surface area (TPSA) is 56.7 Å². The summed E-state index contributed by atoms with van der Waals surface area (Å²) in [5, 5.41) is 11.4. The highest BCUT2D eigenvalue weighted by atomic mass is 79.9. The van der Waals surface area contributed by atoms with E-state index in [-0.39, 0.29) is 21.8 Å². The van der Waals surface area contributed by atoms with Crippen molar-refractivity contribution in [1.82, 2.24) is 20.0 Å². The Labute approximate surface area is 158 Å². The second-order valence-corrected chi connectivity index (χ2v) is 6.52. The molecule has 2 heterocycles. The molecule has 27 heavy (non-hydrogen) atoms. The zero-order valence-electron chi connectivity index (χ0n) is 13.9. The van der Waals surface area contributed by atoms with Gasteiger partial charge in [-0.3, -0.25) is 4.68 Å². The second kappa shape index (κ2) is 7.02. The molecule has 0 saturated heterocycles. The van der Waals surface area contributed by atoms with Gasteiger partial charge in [0, 0.05) is 5.56 Å². The summed E-state index contributed by atoms with van der Waals surface area (Å²) >= 11 is 3.07. The van der Waals surface area contributed by atoms with Crippen molar-refractivity contribution in [3.8, 4) is 11.5 Å². The Morgan fingerprint density at radius 3 is 2.48 bits per heavy atom. The molecule has 0 radical (unpaired) electrons. The highest BCUT2D eigenvalue weighted by Crippen LogP contribution is 2.34. The van der Waals surface area contributed by atoms with Crippen molar-refractivity contribution < 1.29 is 26.4 Å². The average Bonchev–Trinajstić information content (AvgIpc) is 3.20. The van der Waals surface area contributed by atoms with Gasteiger partial charge < -0.3 is 4.42 Å². The summed E-state index contributed by atoms with van der Waals surface area (Å²) in [4.78, 5) is 0. The molecule has 0 aliphatic rings. The minimum atomic E-state index is -4.50. The Balaban J connectivity index is 1.94. The van der Waals surface area contributed by atoms with E-state index >= 15 is 0 Å². The van der Waals surface area contributed by atoms with Crippen LogP contribution in [-0.2, 0) is 6.18 Å². The molecule has 1 atom stereocenters. The van der Waals surface area contributed by atoms with Crippen LogP contribution in [0.2, 0.25) is 0 Å². The molecule has 0 fully saturated rings. The summed E-state index contributed by atoms with van der Waals surface area (Å²) in [6.07, 6.45) is -7.27. The lowest BCUT2D eigenvalue weighted by Gasteiger charge is -2.10. The molecule has 0 saturated carbocycles. The minimum Gasteiger partial charge on any atom is -0.418 e. The lowest BCUT2D eigenvalue weighted by Crippen LogP contribution is -2.11. The van der Waals surface area contributed by atoms with Crippen LogP contribution in [0.5, 0.6) is 0 Å². The zero-order chi connectivity index (χ0) is 19.9. The Morgan fingerprint density at radius 1 is 1.19 bits per heavy atom. The molecule has 0 bridgehead atoms. The molecule has 0 spiro atoms. The summed E-state index contributed by atoms with van der Waals surface area (Å²) in [6.45, 7) is 3.19. The number of nitrogens with zero attached hydrogens (tertiary/aromatic N) is 4. The SMILES string of the molecule is Cc1c(Br)c(C(F)F)nn1[C@@H](C)c1nnc(-c2cccc(C(F)(F)F)c2)o1. The molecule has 0 amide bonds. The van der Waals surface area contributed by atoms with Gasteiger partial charge in [-0.05, 0) is 48.0 Å². The lowest BCUT2D eigenvalue weighted by atomic mass is 10.1. The Morgan fingerprint density at radius 2 is 1.89 bits per heavy atom. The monoisotopic (exact) mass is 450 g/mol. The van der Waals surface area contributed by atoms with Crippen LogP contribution >= 0.6 is 15.9 Å². The minimum absolute atomic E-state index is 0.0290. The highest BCUT2D eigenvalue weighted by molar-refractivity contribution is 9.10. The second-order valence-electron chi connectivity index (χ2n) is 5.73. The van der Waals surface area contributed by atoms with Gasteiger partial charge in [-0.25, -0.2) is 8.78 Å². The number of halogens is 6. The van der Waals surface area contributed by atoms with Gasteiger partial charge >= 0.3 is 6.18 Å². The van der Waals surface area contributed by atoms with Crippen LogP contribution in [-0.4, -0.2) is 20.0 Å². The molecule has 3 rings (SSSR count). The van der Waals surface area contributed by atoms with Gasteiger partial charge in [0.1, 0.15) is 11.7 Å². The van der Waals surface area contributed by atoms with Crippen LogP contribution in [0.15, 0.2) is 33.2 Å². The van der Waals surface area contributed by atoms with Crippen LogP contribution in [0.4, 0.5) is 22.0 Å². The average molecular weight is 451 g/mol. The van der Waals surface area contributed by atoms with Crippen LogP contribution in [0.3, 0.4) is 0 Å². The molecule has 1 aromatic carbocycles. The Kier molecular flexibility index (Phi) is 5.06. The van der Waals surface area contributed by atoms with E-state index in [1.54, 1.807) is 13.8 Å². The smallest absolute Gasteiger partial charge is 0.416 e. The number of aromatic nitrogens is 4. The van der Waals surface area contributed by atoms with Crippen molar-refractivity contribution >= 4 is 15.9 Å². The lowest BCUT2D eigenvalue weighted by molar-refractivity contribution is -0.137. The fraction of sp³-hybridized carbons (Fsp3) is 0.312. The van der Waals surface area contributed by atoms with Crippen LogP contribution in [0, 0.1) is 6.92 Å². The predicted molar refractivity (Wildman–Crippen MR) is 88.2 cm³/mol. The van der Waals surface area contributed by atoms with Gasteiger partial charge in [0.25, 0.3) is 6.43 Å². The first kappa shape index (κ1) is 19.5. The van der Waals surface area contributed by atoms with Gasteiger partial charge in [0.2, 0.25) is 11.8 Å². The van der Waals surface area contributed by atoms with Gasteiger partial charge in [-0.15, -0.1) is 10.2 Å². The van der Waals surface area contributed by atoms with E-state index in [2.05, 4.69) is 31.2 Å². The fourth-order valence-electron chi connectivity index (χ4n) is 2.49. The number of benzene rings is 1.